The Balaban J connectivity index is 2.15. The first kappa shape index (κ1) is 19.6. The number of phenolic OH excluding ortho intramolecular Hbond substituents is 2. The van der Waals surface area contributed by atoms with E-state index in [2.05, 4.69) is 10.6 Å². The largest absolute Gasteiger partial charge is 0.508 e. The lowest BCUT2D eigenvalue weighted by atomic mass is 10.1. The van der Waals surface area contributed by atoms with Crippen LogP contribution in [0.5, 0.6) is 11.5 Å². The van der Waals surface area contributed by atoms with Gasteiger partial charge in [-0.15, -0.1) is 0 Å². The highest BCUT2D eigenvalue weighted by atomic mass is 35.5. The SMILES string of the molecule is CC(C)(C)NC(=O)c1ccc(O)c(NC(=O)Cc2cc(Cl)ccc2O)c1. The summed E-state index contributed by atoms with van der Waals surface area (Å²) in [4.78, 5) is 24.5. The van der Waals surface area contributed by atoms with Crippen LogP contribution in [0, 0.1) is 0 Å². The van der Waals surface area contributed by atoms with E-state index < -0.39 is 11.4 Å². The van der Waals surface area contributed by atoms with Gasteiger partial charge < -0.3 is 20.8 Å². The molecule has 0 aliphatic heterocycles. The summed E-state index contributed by atoms with van der Waals surface area (Å²) in [5.41, 5.74) is 0.357. The predicted molar refractivity (Wildman–Crippen MR) is 101 cm³/mol. The van der Waals surface area contributed by atoms with Crippen molar-refractivity contribution in [3.8, 4) is 11.5 Å². The fraction of sp³-hybridized carbons (Fsp3) is 0.263. The van der Waals surface area contributed by atoms with Crippen molar-refractivity contribution in [3.05, 3.63) is 52.5 Å². The molecule has 0 heterocycles. The molecule has 0 unspecified atom stereocenters. The Morgan fingerprint density at radius 2 is 1.69 bits per heavy atom. The summed E-state index contributed by atoms with van der Waals surface area (Å²) >= 11 is 5.87. The molecular weight excluding hydrogens is 356 g/mol. The number of anilines is 1. The van der Waals surface area contributed by atoms with Crippen LogP contribution in [0.25, 0.3) is 0 Å². The molecule has 0 saturated carbocycles. The molecule has 0 saturated heterocycles. The van der Waals surface area contributed by atoms with E-state index in [9.17, 15) is 19.8 Å². The van der Waals surface area contributed by atoms with Crippen molar-refractivity contribution in [1.82, 2.24) is 5.32 Å². The van der Waals surface area contributed by atoms with Crippen molar-refractivity contribution in [1.29, 1.82) is 0 Å². The molecule has 0 bridgehead atoms. The maximum atomic E-state index is 12.2. The Morgan fingerprint density at radius 3 is 2.35 bits per heavy atom. The summed E-state index contributed by atoms with van der Waals surface area (Å²) in [5.74, 6) is -1.00. The molecule has 0 atom stereocenters. The number of carbonyl (C=O) groups excluding carboxylic acids is 2. The van der Waals surface area contributed by atoms with Crippen LogP contribution in [0.15, 0.2) is 36.4 Å². The summed E-state index contributed by atoms with van der Waals surface area (Å²) in [5, 5.41) is 25.5. The van der Waals surface area contributed by atoms with E-state index in [0.29, 0.717) is 16.1 Å². The number of nitrogens with one attached hydrogen (secondary N) is 2. The van der Waals surface area contributed by atoms with Gasteiger partial charge in [-0.25, -0.2) is 0 Å². The van der Waals surface area contributed by atoms with Crippen LogP contribution in [-0.4, -0.2) is 27.6 Å². The third kappa shape index (κ3) is 5.39. The fourth-order valence-electron chi connectivity index (χ4n) is 2.25. The molecule has 0 fully saturated rings. The average molecular weight is 377 g/mol. The Bertz CT molecular complexity index is 844. The Hall–Kier alpha value is -2.73. The molecule has 138 valence electrons. The molecule has 2 amide bonds. The Kier molecular flexibility index (Phi) is 5.77. The number of phenols is 2. The van der Waals surface area contributed by atoms with Gasteiger partial charge in [0.1, 0.15) is 11.5 Å². The molecule has 6 nitrogen and oxygen atoms in total. The van der Waals surface area contributed by atoms with Crippen LogP contribution in [-0.2, 0) is 11.2 Å². The van der Waals surface area contributed by atoms with E-state index in [0.717, 1.165) is 0 Å². The van der Waals surface area contributed by atoms with E-state index in [1.807, 2.05) is 20.8 Å². The lowest BCUT2D eigenvalue weighted by molar-refractivity contribution is -0.115. The molecule has 2 aromatic rings. The quantitative estimate of drug-likeness (QED) is 0.614. The minimum Gasteiger partial charge on any atom is -0.508 e. The monoisotopic (exact) mass is 376 g/mol. The van der Waals surface area contributed by atoms with Gasteiger partial charge in [0.05, 0.1) is 12.1 Å². The zero-order valence-corrected chi connectivity index (χ0v) is 15.5. The van der Waals surface area contributed by atoms with E-state index in [4.69, 9.17) is 11.6 Å². The molecule has 0 spiro atoms. The number of hydrogen-bond acceptors (Lipinski definition) is 4. The van der Waals surface area contributed by atoms with Gasteiger partial charge in [0.2, 0.25) is 5.91 Å². The van der Waals surface area contributed by atoms with Crippen molar-refractivity contribution in [2.45, 2.75) is 32.7 Å². The van der Waals surface area contributed by atoms with Gasteiger partial charge in [0.25, 0.3) is 5.91 Å². The third-order valence-corrected chi connectivity index (χ3v) is 3.65. The standard InChI is InChI=1S/C19H21ClN2O4/c1-19(2,3)22-18(26)11-4-6-16(24)14(9-11)21-17(25)10-12-8-13(20)5-7-15(12)23/h4-9,23-24H,10H2,1-3H3,(H,21,25)(H,22,26). The highest BCUT2D eigenvalue weighted by Gasteiger charge is 2.17. The molecule has 0 aliphatic carbocycles. The van der Waals surface area contributed by atoms with Crippen LogP contribution in [0.1, 0.15) is 36.7 Å². The van der Waals surface area contributed by atoms with Crippen molar-refractivity contribution in [2.75, 3.05) is 5.32 Å². The first-order valence-corrected chi connectivity index (χ1v) is 8.36. The second-order valence-electron chi connectivity index (χ2n) is 6.93. The van der Waals surface area contributed by atoms with Gasteiger partial charge >= 0.3 is 0 Å². The number of hydrogen-bond donors (Lipinski definition) is 4. The number of rotatable bonds is 4. The zero-order valence-electron chi connectivity index (χ0n) is 14.8. The molecule has 26 heavy (non-hydrogen) atoms. The minimum atomic E-state index is -0.466. The Labute approximate surface area is 156 Å². The predicted octanol–water partition coefficient (Wildman–Crippen LogP) is 3.46. The van der Waals surface area contributed by atoms with Gasteiger partial charge in [0.15, 0.2) is 0 Å². The highest BCUT2D eigenvalue weighted by Crippen LogP contribution is 2.26. The smallest absolute Gasteiger partial charge is 0.251 e. The second-order valence-corrected chi connectivity index (χ2v) is 7.37. The maximum absolute atomic E-state index is 12.2. The topological polar surface area (TPSA) is 98.7 Å². The van der Waals surface area contributed by atoms with Gasteiger partial charge in [-0.1, -0.05) is 11.6 Å². The van der Waals surface area contributed by atoms with E-state index in [-0.39, 0.29) is 29.5 Å². The molecular formula is C19H21ClN2O4. The van der Waals surface area contributed by atoms with E-state index >= 15 is 0 Å². The van der Waals surface area contributed by atoms with Gasteiger partial charge in [-0.05, 0) is 57.2 Å². The van der Waals surface area contributed by atoms with E-state index in [1.165, 1.54) is 36.4 Å². The summed E-state index contributed by atoms with van der Waals surface area (Å²) in [7, 11) is 0. The second kappa shape index (κ2) is 7.66. The van der Waals surface area contributed by atoms with Gasteiger partial charge in [0, 0.05) is 21.7 Å². The molecule has 0 aromatic heterocycles. The molecule has 0 aliphatic rings. The molecule has 0 radical (unpaired) electrons. The summed E-state index contributed by atoms with van der Waals surface area (Å²) in [6, 6.07) is 8.61. The van der Waals surface area contributed by atoms with Crippen LogP contribution < -0.4 is 10.6 Å². The lowest BCUT2D eigenvalue weighted by Crippen LogP contribution is -2.40. The van der Waals surface area contributed by atoms with Gasteiger partial charge in [-0.3, -0.25) is 9.59 Å². The van der Waals surface area contributed by atoms with Gasteiger partial charge in [-0.2, -0.15) is 0 Å². The van der Waals surface area contributed by atoms with Crippen molar-refractivity contribution in [2.24, 2.45) is 0 Å². The zero-order chi connectivity index (χ0) is 19.5. The number of aromatic hydroxyl groups is 2. The summed E-state index contributed by atoms with van der Waals surface area (Å²) < 4.78 is 0. The van der Waals surface area contributed by atoms with Crippen LogP contribution in [0.2, 0.25) is 5.02 Å². The maximum Gasteiger partial charge on any atom is 0.251 e. The van der Waals surface area contributed by atoms with Crippen molar-refractivity contribution >= 4 is 29.1 Å². The fourth-order valence-corrected chi connectivity index (χ4v) is 2.45. The molecule has 4 N–H and O–H groups in total. The lowest BCUT2D eigenvalue weighted by Gasteiger charge is -2.20. The normalized spacial score (nSPS) is 11.1. The van der Waals surface area contributed by atoms with Crippen molar-refractivity contribution in [3.63, 3.8) is 0 Å². The number of halogens is 1. The first-order chi connectivity index (χ1) is 12.0. The Morgan fingerprint density at radius 1 is 1.04 bits per heavy atom. The number of carbonyl (C=O) groups is 2. The molecule has 2 rings (SSSR count). The highest BCUT2D eigenvalue weighted by molar-refractivity contribution is 6.30. The number of amides is 2. The van der Waals surface area contributed by atoms with Crippen LogP contribution >= 0.6 is 11.6 Å². The van der Waals surface area contributed by atoms with Crippen LogP contribution in [0.4, 0.5) is 5.69 Å². The molecule has 2 aromatic carbocycles. The third-order valence-electron chi connectivity index (χ3n) is 3.41. The van der Waals surface area contributed by atoms with Crippen LogP contribution in [0.3, 0.4) is 0 Å². The molecule has 7 heteroatoms. The summed E-state index contributed by atoms with van der Waals surface area (Å²) in [6.07, 6.45) is -0.135. The van der Waals surface area contributed by atoms with E-state index in [1.54, 1.807) is 0 Å². The first-order valence-electron chi connectivity index (χ1n) is 7.98. The average Bonchev–Trinajstić information content (AvgIpc) is 2.51. The summed E-state index contributed by atoms with van der Waals surface area (Å²) in [6.45, 7) is 5.56. The minimum absolute atomic E-state index is 0.0490. The van der Waals surface area contributed by atoms with Crippen molar-refractivity contribution < 1.29 is 19.8 Å². The number of benzene rings is 2.